The van der Waals surface area contributed by atoms with Gasteiger partial charge in [0.15, 0.2) is 0 Å². The molecule has 4 heterocycles. The summed E-state index contributed by atoms with van der Waals surface area (Å²) in [6, 6.07) is 38.5. The van der Waals surface area contributed by atoms with Crippen LogP contribution in [-0.4, -0.2) is 120 Å². The number of aromatic nitrogens is 4. The zero-order chi connectivity index (χ0) is 51.4. The molecule has 21 heteroatoms. The fourth-order valence-corrected chi connectivity index (χ4v) is 8.12. The minimum Gasteiger partial charge on any atom is -0.495 e. The highest BCUT2D eigenvalue weighted by molar-refractivity contribution is 6.28. The van der Waals surface area contributed by atoms with Crippen LogP contribution in [0.5, 0.6) is 34.8 Å². The Kier molecular flexibility index (Phi) is 16.4. The number of nitro benzene ring substituents is 2. The van der Waals surface area contributed by atoms with Gasteiger partial charge in [-0.15, -0.1) is 0 Å². The van der Waals surface area contributed by atoms with Gasteiger partial charge in [-0.2, -0.15) is 9.97 Å². The van der Waals surface area contributed by atoms with Crippen LogP contribution in [0.2, 0.25) is 5.28 Å². The van der Waals surface area contributed by atoms with E-state index in [1.165, 1.54) is 30.0 Å². The van der Waals surface area contributed by atoms with E-state index in [-0.39, 0.29) is 28.4 Å². The van der Waals surface area contributed by atoms with Crippen LogP contribution >= 0.6 is 11.6 Å². The van der Waals surface area contributed by atoms with E-state index in [2.05, 4.69) is 71.1 Å². The molecule has 20 nitrogen and oxygen atoms in total. The fraction of sp³-hybridized carbons (Fsp3) is 0.231. The van der Waals surface area contributed by atoms with Crippen molar-refractivity contribution in [2.45, 2.75) is 0 Å². The molecular formula is C52H53ClN12O8. The molecule has 376 valence electrons. The van der Waals surface area contributed by atoms with Gasteiger partial charge in [-0.1, -0.05) is 36.4 Å². The van der Waals surface area contributed by atoms with Crippen molar-refractivity contribution in [1.82, 2.24) is 29.7 Å². The molecule has 0 aliphatic carbocycles. The van der Waals surface area contributed by atoms with E-state index in [1.807, 2.05) is 60.7 Å². The van der Waals surface area contributed by atoms with Gasteiger partial charge in [0.05, 0.1) is 69.4 Å². The Morgan fingerprint density at radius 1 is 0.562 bits per heavy atom. The molecule has 8 aromatic rings. The number of fused-ring (bicyclic) bond motifs is 2. The summed E-state index contributed by atoms with van der Waals surface area (Å²) in [6.45, 7) is 8.27. The number of nitrogens with one attached hydrogen (secondary N) is 1. The molecular weight excluding hydrogens is 956 g/mol. The molecule has 2 aliphatic heterocycles. The van der Waals surface area contributed by atoms with Crippen molar-refractivity contribution in [1.29, 1.82) is 0 Å². The Hall–Kier alpha value is -8.59. The van der Waals surface area contributed by atoms with E-state index in [0.717, 1.165) is 63.8 Å². The number of nitro groups is 2. The lowest BCUT2D eigenvalue weighted by molar-refractivity contribution is -0.385. The number of nitrogens with two attached hydrogens (primary N) is 1. The van der Waals surface area contributed by atoms with E-state index >= 15 is 0 Å². The van der Waals surface area contributed by atoms with Crippen molar-refractivity contribution >= 4 is 73.5 Å². The second kappa shape index (κ2) is 23.5. The molecule has 2 fully saturated rings. The number of hydrogen-bond acceptors (Lipinski definition) is 18. The van der Waals surface area contributed by atoms with Crippen LogP contribution in [0, 0.1) is 20.2 Å². The first-order valence-electron chi connectivity index (χ1n) is 23.1. The third-order valence-corrected chi connectivity index (χ3v) is 12.1. The number of piperazine rings is 2. The maximum absolute atomic E-state index is 11.2. The van der Waals surface area contributed by atoms with Gasteiger partial charge in [0.25, 0.3) is 11.4 Å². The molecule has 0 unspecified atom stereocenters. The van der Waals surface area contributed by atoms with Crippen LogP contribution in [0.15, 0.2) is 133 Å². The third kappa shape index (κ3) is 13.0. The number of ether oxygens (including phenoxy) is 4. The summed E-state index contributed by atoms with van der Waals surface area (Å²) in [6.07, 6.45) is 0. The van der Waals surface area contributed by atoms with Crippen LogP contribution in [-0.2, 0) is 0 Å². The number of rotatable bonds is 12. The maximum atomic E-state index is 11.2. The summed E-state index contributed by atoms with van der Waals surface area (Å²) in [5.41, 5.74) is 10.7. The number of para-hydroxylation sites is 2. The van der Waals surface area contributed by atoms with Crippen LogP contribution < -0.4 is 39.8 Å². The number of likely N-dealkylation sites (N-methyl/N-ethyl adjacent to an activating group) is 2. The number of hydrogen-bond donors (Lipinski definition) is 2. The third-order valence-electron chi connectivity index (χ3n) is 12.0. The van der Waals surface area contributed by atoms with Gasteiger partial charge in [-0.3, -0.25) is 20.2 Å². The van der Waals surface area contributed by atoms with Crippen molar-refractivity contribution in [2.75, 3.05) is 102 Å². The number of methoxy groups -OCH3 is 2. The van der Waals surface area contributed by atoms with Gasteiger partial charge in [-0.05, 0) is 86.4 Å². The summed E-state index contributed by atoms with van der Waals surface area (Å²) < 4.78 is 22.5. The molecule has 3 N–H and O–H groups in total. The zero-order valence-corrected chi connectivity index (χ0v) is 41.3. The smallest absolute Gasteiger partial charge is 0.273 e. The van der Waals surface area contributed by atoms with Gasteiger partial charge in [-0.25, -0.2) is 9.97 Å². The summed E-state index contributed by atoms with van der Waals surface area (Å²) in [4.78, 5) is 47.7. The van der Waals surface area contributed by atoms with E-state index < -0.39 is 9.85 Å². The lowest BCUT2D eigenvalue weighted by Gasteiger charge is -2.34. The molecule has 6 aromatic carbocycles. The highest BCUT2D eigenvalue weighted by Crippen LogP contribution is 2.36. The Morgan fingerprint density at radius 2 is 1.04 bits per heavy atom. The van der Waals surface area contributed by atoms with Crippen LogP contribution in [0.25, 0.3) is 21.8 Å². The number of non-ortho nitro benzene ring substituents is 2. The van der Waals surface area contributed by atoms with Crippen LogP contribution in [0.3, 0.4) is 0 Å². The average molecular weight is 1010 g/mol. The minimum atomic E-state index is -0.488. The van der Waals surface area contributed by atoms with Gasteiger partial charge in [0.2, 0.25) is 23.0 Å². The highest BCUT2D eigenvalue weighted by Gasteiger charge is 2.19. The van der Waals surface area contributed by atoms with Crippen molar-refractivity contribution in [3.8, 4) is 34.8 Å². The van der Waals surface area contributed by atoms with E-state index in [0.29, 0.717) is 56.4 Å². The largest absolute Gasteiger partial charge is 0.495 e. The monoisotopic (exact) mass is 1010 g/mol. The zero-order valence-electron chi connectivity index (χ0n) is 40.6. The predicted octanol–water partition coefficient (Wildman–Crippen LogP) is 9.85. The molecule has 2 aromatic heterocycles. The first-order chi connectivity index (χ1) is 35.3. The average Bonchev–Trinajstić information content (AvgIpc) is 3.40. The second-order valence-corrected chi connectivity index (χ2v) is 17.3. The number of halogens is 1. The summed E-state index contributed by atoms with van der Waals surface area (Å²) in [5.74, 6) is 2.92. The van der Waals surface area contributed by atoms with Crippen molar-refractivity contribution < 1.29 is 28.8 Å². The van der Waals surface area contributed by atoms with Crippen molar-refractivity contribution in [2.24, 2.45) is 0 Å². The fourth-order valence-electron chi connectivity index (χ4n) is 7.95. The SMILES string of the molecule is COc1cc(N2CCN(C)CC2)ccc1N.COc1cc(N2CCN(C)CC2)ccc1Nc1nc(Oc2cccc([N+](=O)[O-])c2)c2ccccc2n1.O=[N+]([O-])c1cccc(Oc2nc(Cl)nc3ccccc23)c1. The molecule has 0 spiro atoms. The first kappa shape index (κ1) is 50.8. The molecule has 0 amide bonds. The molecule has 0 saturated carbocycles. The maximum Gasteiger partial charge on any atom is 0.273 e. The lowest BCUT2D eigenvalue weighted by atomic mass is 10.2. The predicted molar refractivity (Wildman–Crippen MR) is 284 cm³/mol. The highest BCUT2D eigenvalue weighted by atomic mass is 35.5. The molecule has 2 saturated heterocycles. The topological polar surface area (TPSA) is 226 Å². The lowest BCUT2D eigenvalue weighted by Crippen LogP contribution is -2.44. The van der Waals surface area contributed by atoms with Gasteiger partial charge >= 0.3 is 0 Å². The summed E-state index contributed by atoms with van der Waals surface area (Å²) in [5, 5.41) is 26.6. The van der Waals surface area contributed by atoms with Crippen molar-refractivity contribution in [3.05, 3.63) is 159 Å². The molecule has 0 bridgehead atoms. The normalized spacial score (nSPS) is 13.8. The van der Waals surface area contributed by atoms with Crippen molar-refractivity contribution in [3.63, 3.8) is 0 Å². The quantitative estimate of drug-likeness (QED) is 0.0502. The number of benzene rings is 6. The van der Waals surface area contributed by atoms with Gasteiger partial charge in [0, 0.05) is 88.0 Å². The van der Waals surface area contributed by atoms with Gasteiger partial charge in [0.1, 0.15) is 23.0 Å². The number of anilines is 5. The summed E-state index contributed by atoms with van der Waals surface area (Å²) >= 11 is 5.86. The Labute approximate surface area is 425 Å². The number of nitrogen functional groups attached to an aromatic ring is 1. The number of nitrogens with zero attached hydrogens (tertiary/aromatic N) is 10. The first-order valence-corrected chi connectivity index (χ1v) is 23.5. The summed E-state index contributed by atoms with van der Waals surface area (Å²) in [7, 11) is 7.57. The Morgan fingerprint density at radius 3 is 1.56 bits per heavy atom. The van der Waals surface area contributed by atoms with Crippen LogP contribution in [0.1, 0.15) is 0 Å². The second-order valence-electron chi connectivity index (χ2n) is 16.9. The molecule has 0 atom stereocenters. The van der Waals surface area contributed by atoms with Gasteiger partial charge < -0.3 is 49.6 Å². The van der Waals surface area contributed by atoms with E-state index in [4.69, 9.17) is 36.3 Å². The van der Waals surface area contributed by atoms with E-state index in [1.54, 1.807) is 50.6 Å². The Balaban J connectivity index is 0.000000162. The van der Waals surface area contributed by atoms with Crippen LogP contribution in [0.4, 0.5) is 40.1 Å². The standard InChI is InChI=1S/C26H26N6O4.C14H8ClN3O3.C12H19N3O/c1-30-12-14-31(15-13-30)18-10-11-23(24(17-18)35-2)28-26-27-22-9-4-3-8-21(22)25(29-26)36-20-7-5-6-19(16-20)32(33)34;15-14-16-12-7-2-1-6-11(12)13(17-14)21-10-5-3-4-9(8-10)18(19)20;1-14-5-7-15(8-6-14)10-3-4-11(13)12(9-10)16-2/h3-11,16-17H,12-15H2,1-2H3,(H,27,28,29);1-8H;3-4,9H,5-8,13H2,1-2H3. The molecule has 2 aliphatic rings. The van der Waals surface area contributed by atoms with E-state index in [9.17, 15) is 20.2 Å². The minimum absolute atomic E-state index is 0.0501. The molecule has 0 radical (unpaired) electrons. The molecule has 73 heavy (non-hydrogen) atoms. The molecule has 10 rings (SSSR count). The Bertz CT molecular complexity index is 3230.